The van der Waals surface area contributed by atoms with Gasteiger partial charge in [0.05, 0.1) is 18.2 Å². The minimum Gasteiger partial charge on any atom is -0.353 e. The van der Waals surface area contributed by atoms with Gasteiger partial charge in [0.2, 0.25) is 5.91 Å². The fraction of sp³-hybridized carbons (Fsp3) is 0.857. The van der Waals surface area contributed by atoms with Crippen LogP contribution in [0.25, 0.3) is 0 Å². The average molecular weight is 372 g/mol. The van der Waals surface area contributed by atoms with Gasteiger partial charge in [0, 0.05) is 24.8 Å². The summed E-state index contributed by atoms with van der Waals surface area (Å²) >= 11 is 0. The van der Waals surface area contributed by atoms with E-state index in [4.69, 9.17) is 0 Å². The van der Waals surface area contributed by atoms with Crippen molar-refractivity contribution in [3.8, 4) is 0 Å². The third kappa shape index (κ3) is 4.05. The van der Waals surface area contributed by atoms with Gasteiger partial charge in [-0.3, -0.25) is 14.4 Å². The van der Waals surface area contributed by atoms with Gasteiger partial charge in [0.1, 0.15) is 0 Å². The molecule has 1 aromatic rings. The first-order chi connectivity index (χ1) is 13.2. The molecule has 0 aromatic carbocycles. The Bertz CT molecular complexity index is 663. The third-order valence-electron chi connectivity index (χ3n) is 7.35. The maximum atomic E-state index is 12.5. The Balaban J connectivity index is 1.16. The number of nitrogens with zero attached hydrogens (tertiary/aromatic N) is 4. The number of carbonyl (C=O) groups excluding carboxylic acids is 1. The lowest BCUT2D eigenvalue weighted by atomic mass is 9.75. The predicted molar refractivity (Wildman–Crippen MR) is 103 cm³/mol. The van der Waals surface area contributed by atoms with Gasteiger partial charge in [-0.15, -0.1) is 5.10 Å². The van der Waals surface area contributed by atoms with Gasteiger partial charge in [0.25, 0.3) is 0 Å². The van der Waals surface area contributed by atoms with Gasteiger partial charge in [-0.2, -0.15) is 0 Å². The summed E-state index contributed by atoms with van der Waals surface area (Å²) in [5.74, 6) is 1.86. The maximum absolute atomic E-state index is 12.5. The molecule has 3 saturated heterocycles. The zero-order chi connectivity index (χ0) is 18.2. The normalized spacial score (nSPS) is 33.9. The Morgan fingerprint density at radius 2 is 2.00 bits per heavy atom. The molecule has 6 nitrogen and oxygen atoms in total. The molecule has 3 aliphatic heterocycles. The van der Waals surface area contributed by atoms with Crippen LogP contribution in [0.4, 0.5) is 0 Å². The van der Waals surface area contributed by atoms with E-state index in [0.29, 0.717) is 23.9 Å². The van der Waals surface area contributed by atoms with Gasteiger partial charge in [0.15, 0.2) is 0 Å². The number of piperidine rings is 3. The Morgan fingerprint density at radius 3 is 2.74 bits per heavy atom. The Morgan fingerprint density at radius 1 is 1.15 bits per heavy atom. The van der Waals surface area contributed by atoms with Crippen LogP contribution in [0.5, 0.6) is 0 Å². The monoisotopic (exact) mass is 371 g/mol. The molecule has 0 radical (unpaired) electrons. The molecule has 2 aliphatic carbocycles. The molecular weight excluding hydrogens is 338 g/mol. The maximum Gasteiger partial charge on any atom is 0.224 e. The third-order valence-corrected chi connectivity index (χ3v) is 7.35. The quantitative estimate of drug-likeness (QED) is 0.834. The lowest BCUT2D eigenvalue weighted by Gasteiger charge is -2.49. The summed E-state index contributed by atoms with van der Waals surface area (Å²) in [7, 11) is 0. The predicted octanol–water partition coefficient (Wildman–Crippen LogP) is 2.39. The molecule has 1 amide bonds. The number of hydrogen-bond acceptors (Lipinski definition) is 4. The second-order valence-corrected chi connectivity index (χ2v) is 9.46. The van der Waals surface area contributed by atoms with Crippen LogP contribution in [0, 0.1) is 17.8 Å². The van der Waals surface area contributed by atoms with E-state index in [2.05, 4.69) is 31.4 Å². The van der Waals surface area contributed by atoms with E-state index >= 15 is 0 Å². The van der Waals surface area contributed by atoms with E-state index in [1.807, 2.05) is 0 Å². The summed E-state index contributed by atoms with van der Waals surface area (Å²) in [6.45, 7) is 2.98. The molecule has 1 unspecified atom stereocenters. The molecule has 5 aliphatic rings. The van der Waals surface area contributed by atoms with Crippen molar-refractivity contribution in [2.75, 3.05) is 13.1 Å². The fourth-order valence-electron chi connectivity index (χ4n) is 5.59. The van der Waals surface area contributed by atoms with E-state index in [0.717, 1.165) is 38.4 Å². The number of carbonyl (C=O) groups is 1. The van der Waals surface area contributed by atoms with Crippen molar-refractivity contribution in [2.45, 2.75) is 82.8 Å². The zero-order valence-electron chi connectivity index (χ0n) is 16.4. The molecule has 1 N–H and O–H groups in total. The van der Waals surface area contributed by atoms with Gasteiger partial charge in [-0.05, 0) is 50.5 Å². The van der Waals surface area contributed by atoms with Crippen LogP contribution >= 0.6 is 0 Å². The van der Waals surface area contributed by atoms with Crippen LogP contribution in [0.15, 0.2) is 6.20 Å². The van der Waals surface area contributed by atoms with E-state index in [9.17, 15) is 4.79 Å². The molecule has 5 fully saturated rings. The average Bonchev–Trinajstić information content (AvgIpc) is 3.41. The Kier molecular flexibility index (Phi) is 4.92. The van der Waals surface area contributed by atoms with Gasteiger partial charge in [-0.25, -0.2) is 0 Å². The smallest absolute Gasteiger partial charge is 0.224 e. The molecule has 4 heterocycles. The van der Waals surface area contributed by atoms with Crippen molar-refractivity contribution >= 4 is 5.91 Å². The molecule has 2 bridgehead atoms. The van der Waals surface area contributed by atoms with E-state index in [1.165, 1.54) is 57.1 Å². The Labute approximate surface area is 162 Å². The lowest BCUT2D eigenvalue weighted by molar-refractivity contribution is -0.133. The highest BCUT2D eigenvalue weighted by atomic mass is 16.2. The second kappa shape index (κ2) is 7.53. The summed E-state index contributed by atoms with van der Waals surface area (Å²) < 4.78 is 2.06. The van der Waals surface area contributed by atoms with E-state index in [1.54, 1.807) is 0 Å². The van der Waals surface area contributed by atoms with E-state index < -0.39 is 0 Å². The molecule has 6 rings (SSSR count). The topological polar surface area (TPSA) is 63.1 Å². The molecule has 1 aromatic heterocycles. The van der Waals surface area contributed by atoms with E-state index in [-0.39, 0.29) is 5.92 Å². The van der Waals surface area contributed by atoms with Gasteiger partial charge >= 0.3 is 0 Å². The summed E-state index contributed by atoms with van der Waals surface area (Å²) in [5.41, 5.74) is 1.17. The molecule has 27 heavy (non-hydrogen) atoms. The standard InChI is InChI=1S/C21H33N5O/c27-21(22-17-6-7-17)20-14-25-9-8-16(20)11-19(25)13-26-12-18(23-24-26)10-15-4-2-1-3-5-15/h12,15-17,19-20H,1-11,13-14H2,(H,22,27)/t16-,19-,20+/m1/s1. The minimum absolute atomic E-state index is 0.202. The molecule has 6 heteroatoms. The van der Waals surface area contributed by atoms with Crippen LogP contribution in [-0.2, 0) is 17.8 Å². The summed E-state index contributed by atoms with van der Waals surface area (Å²) in [5, 5.41) is 12.1. The first-order valence-electron chi connectivity index (χ1n) is 11.2. The lowest BCUT2D eigenvalue weighted by Crippen LogP contribution is -2.58. The molecule has 4 atom stereocenters. The van der Waals surface area contributed by atoms with Crippen LogP contribution in [0.2, 0.25) is 0 Å². The highest BCUT2D eigenvalue weighted by Gasteiger charge is 2.44. The highest BCUT2D eigenvalue weighted by Crippen LogP contribution is 2.37. The molecular formula is C21H33N5O. The van der Waals surface area contributed by atoms with Gasteiger partial charge in [-0.1, -0.05) is 37.3 Å². The largest absolute Gasteiger partial charge is 0.353 e. The van der Waals surface area contributed by atoms with Crippen molar-refractivity contribution in [3.05, 3.63) is 11.9 Å². The summed E-state index contributed by atoms with van der Waals surface area (Å²) in [4.78, 5) is 15.1. The minimum atomic E-state index is 0.202. The first-order valence-corrected chi connectivity index (χ1v) is 11.2. The Hall–Kier alpha value is -1.43. The number of hydrogen-bond donors (Lipinski definition) is 1. The van der Waals surface area contributed by atoms with Crippen LogP contribution < -0.4 is 5.32 Å². The zero-order valence-corrected chi connectivity index (χ0v) is 16.4. The second-order valence-electron chi connectivity index (χ2n) is 9.46. The molecule has 148 valence electrons. The number of amides is 1. The number of rotatable bonds is 6. The SMILES string of the molecule is O=C(NC1CC1)[C@H]1CN2CC[C@@H]1C[C@@H]2Cn1cc(CC2CCCCC2)nn1. The highest BCUT2D eigenvalue weighted by molar-refractivity contribution is 5.80. The number of aromatic nitrogens is 3. The summed E-state index contributed by atoms with van der Waals surface area (Å²) in [6.07, 6.45) is 14.8. The van der Waals surface area contributed by atoms with Crippen molar-refractivity contribution in [1.29, 1.82) is 0 Å². The van der Waals surface area contributed by atoms with Crippen molar-refractivity contribution in [3.63, 3.8) is 0 Å². The molecule has 2 saturated carbocycles. The number of fused-ring (bicyclic) bond motifs is 3. The van der Waals surface area contributed by atoms with Crippen LogP contribution in [-0.4, -0.2) is 51.0 Å². The van der Waals surface area contributed by atoms with Crippen LogP contribution in [0.1, 0.15) is 63.5 Å². The van der Waals surface area contributed by atoms with Crippen LogP contribution in [0.3, 0.4) is 0 Å². The number of nitrogens with one attached hydrogen (secondary N) is 1. The fourth-order valence-corrected chi connectivity index (χ4v) is 5.59. The summed E-state index contributed by atoms with van der Waals surface area (Å²) in [6, 6.07) is 0.986. The molecule has 0 spiro atoms. The first kappa shape index (κ1) is 17.7. The van der Waals surface area contributed by atoms with Gasteiger partial charge < -0.3 is 5.32 Å². The van der Waals surface area contributed by atoms with Crippen molar-refractivity contribution in [1.82, 2.24) is 25.2 Å². The van der Waals surface area contributed by atoms with Crippen molar-refractivity contribution < 1.29 is 4.79 Å². The van der Waals surface area contributed by atoms with Crippen molar-refractivity contribution in [2.24, 2.45) is 17.8 Å².